The molecule has 2 N–H and O–H groups in total. The van der Waals surface area contributed by atoms with Crippen LogP contribution in [0.2, 0.25) is 0 Å². The molecule has 0 heterocycles. The molecule has 1 rings (SSSR count). The zero-order valence-electron chi connectivity index (χ0n) is 10.8. The van der Waals surface area contributed by atoms with Gasteiger partial charge in [0, 0.05) is 0 Å². The molecule has 0 aliphatic rings. The van der Waals surface area contributed by atoms with E-state index in [0.717, 1.165) is 5.56 Å². The SMILES string of the molecule is CCOc1cc(C(N)C#N)ccc1OC(C)C.Cl. The first-order valence-electron chi connectivity index (χ1n) is 5.67. The highest BCUT2D eigenvalue weighted by Crippen LogP contribution is 2.30. The van der Waals surface area contributed by atoms with Crippen LogP contribution in [0, 0.1) is 11.3 Å². The Morgan fingerprint density at radius 3 is 2.50 bits per heavy atom. The lowest BCUT2D eigenvalue weighted by Gasteiger charge is -2.16. The summed E-state index contributed by atoms with van der Waals surface area (Å²) in [5.41, 5.74) is 6.38. The van der Waals surface area contributed by atoms with Gasteiger partial charge in [-0.2, -0.15) is 5.26 Å². The van der Waals surface area contributed by atoms with Crippen molar-refractivity contribution < 1.29 is 9.47 Å². The number of rotatable bonds is 5. The average Bonchev–Trinajstić information content (AvgIpc) is 2.30. The third-order valence-corrected chi connectivity index (χ3v) is 2.13. The van der Waals surface area contributed by atoms with Gasteiger partial charge in [0.25, 0.3) is 0 Å². The van der Waals surface area contributed by atoms with Gasteiger partial charge in [0.05, 0.1) is 18.8 Å². The van der Waals surface area contributed by atoms with Crippen LogP contribution in [0.15, 0.2) is 18.2 Å². The smallest absolute Gasteiger partial charge is 0.161 e. The van der Waals surface area contributed by atoms with Gasteiger partial charge < -0.3 is 15.2 Å². The van der Waals surface area contributed by atoms with Crippen molar-refractivity contribution in [3.05, 3.63) is 23.8 Å². The third kappa shape index (κ3) is 4.44. The van der Waals surface area contributed by atoms with Crippen LogP contribution in [0.4, 0.5) is 0 Å². The first kappa shape index (κ1) is 16.6. The number of nitriles is 1. The van der Waals surface area contributed by atoms with Gasteiger partial charge in [-0.15, -0.1) is 12.4 Å². The number of halogens is 1. The molecule has 0 spiro atoms. The lowest BCUT2D eigenvalue weighted by molar-refractivity contribution is 0.223. The highest BCUT2D eigenvalue weighted by atomic mass is 35.5. The van der Waals surface area contributed by atoms with E-state index in [9.17, 15) is 0 Å². The highest BCUT2D eigenvalue weighted by molar-refractivity contribution is 5.85. The molecule has 1 atom stereocenters. The molecule has 4 nitrogen and oxygen atoms in total. The summed E-state index contributed by atoms with van der Waals surface area (Å²) in [7, 11) is 0. The minimum atomic E-state index is -0.637. The van der Waals surface area contributed by atoms with E-state index in [0.29, 0.717) is 18.1 Å². The van der Waals surface area contributed by atoms with E-state index in [1.807, 2.05) is 26.8 Å². The van der Waals surface area contributed by atoms with Crippen molar-refractivity contribution in [1.82, 2.24) is 0 Å². The Morgan fingerprint density at radius 2 is 2.00 bits per heavy atom. The van der Waals surface area contributed by atoms with E-state index < -0.39 is 6.04 Å². The fraction of sp³-hybridized carbons (Fsp3) is 0.462. The maximum absolute atomic E-state index is 8.78. The van der Waals surface area contributed by atoms with Crippen molar-refractivity contribution in [1.29, 1.82) is 5.26 Å². The Bertz CT molecular complexity index is 416. The van der Waals surface area contributed by atoms with Gasteiger partial charge >= 0.3 is 0 Å². The van der Waals surface area contributed by atoms with Crippen molar-refractivity contribution >= 4 is 12.4 Å². The third-order valence-electron chi connectivity index (χ3n) is 2.13. The van der Waals surface area contributed by atoms with Crippen molar-refractivity contribution in [2.45, 2.75) is 32.9 Å². The molecule has 0 saturated heterocycles. The summed E-state index contributed by atoms with van der Waals surface area (Å²) >= 11 is 0. The van der Waals surface area contributed by atoms with Crippen molar-refractivity contribution in [3.63, 3.8) is 0 Å². The van der Waals surface area contributed by atoms with Crippen molar-refractivity contribution in [2.24, 2.45) is 5.73 Å². The molecule has 0 radical (unpaired) electrons. The number of hydrogen-bond acceptors (Lipinski definition) is 4. The molecule has 0 fully saturated rings. The Kier molecular flexibility index (Phi) is 7.18. The largest absolute Gasteiger partial charge is 0.490 e. The van der Waals surface area contributed by atoms with Crippen LogP contribution < -0.4 is 15.2 Å². The minimum Gasteiger partial charge on any atom is -0.490 e. The molecule has 1 aromatic rings. The van der Waals surface area contributed by atoms with Gasteiger partial charge in [-0.1, -0.05) is 6.07 Å². The molecule has 18 heavy (non-hydrogen) atoms. The quantitative estimate of drug-likeness (QED) is 0.893. The number of benzene rings is 1. The van der Waals surface area contributed by atoms with Crippen molar-refractivity contribution in [3.8, 4) is 17.6 Å². The Morgan fingerprint density at radius 1 is 1.33 bits per heavy atom. The molecule has 5 heteroatoms. The molecule has 100 valence electrons. The molecule has 0 amide bonds. The van der Waals surface area contributed by atoms with E-state index in [4.69, 9.17) is 20.5 Å². The average molecular weight is 271 g/mol. The molecule has 0 saturated carbocycles. The van der Waals surface area contributed by atoms with Crippen LogP contribution in [-0.2, 0) is 0 Å². The fourth-order valence-electron chi connectivity index (χ4n) is 1.41. The summed E-state index contributed by atoms with van der Waals surface area (Å²) < 4.78 is 11.1. The molecule has 1 unspecified atom stereocenters. The maximum atomic E-state index is 8.78. The predicted octanol–water partition coefficient (Wildman–Crippen LogP) is 2.82. The summed E-state index contributed by atoms with van der Waals surface area (Å²) in [6.07, 6.45) is 0.0738. The minimum absolute atomic E-state index is 0. The second-order valence-electron chi connectivity index (χ2n) is 3.91. The van der Waals surface area contributed by atoms with Crippen LogP contribution in [-0.4, -0.2) is 12.7 Å². The van der Waals surface area contributed by atoms with Crippen LogP contribution >= 0.6 is 12.4 Å². The monoisotopic (exact) mass is 270 g/mol. The van der Waals surface area contributed by atoms with Crippen LogP contribution in [0.5, 0.6) is 11.5 Å². The van der Waals surface area contributed by atoms with Gasteiger partial charge in [0.15, 0.2) is 11.5 Å². The summed E-state index contributed by atoms with van der Waals surface area (Å²) in [6.45, 7) is 6.34. The van der Waals surface area contributed by atoms with Gasteiger partial charge in [-0.25, -0.2) is 0 Å². The van der Waals surface area contributed by atoms with E-state index in [1.54, 1.807) is 18.2 Å². The van der Waals surface area contributed by atoms with E-state index in [1.165, 1.54) is 0 Å². The predicted molar refractivity (Wildman–Crippen MR) is 73.2 cm³/mol. The van der Waals surface area contributed by atoms with Crippen LogP contribution in [0.1, 0.15) is 32.4 Å². The standard InChI is InChI=1S/C13H18N2O2.ClH/c1-4-16-13-7-10(11(15)8-14)5-6-12(13)17-9(2)3;/h5-7,9,11H,4,15H2,1-3H3;1H. The van der Waals surface area contributed by atoms with E-state index in [-0.39, 0.29) is 18.5 Å². The molecular weight excluding hydrogens is 252 g/mol. The molecule has 1 aromatic carbocycles. The van der Waals surface area contributed by atoms with Gasteiger partial charge in [0.2, 0.25) is 0 Å². The number of nitrogens with two attached hydrogens (primary N) is 1. The number of ether oxygens (including phenoxy) is 2. The molecule has 0 bridgehead atoms. The summed E-state index contributed by atoms with van der Waals surface area (Å²) in [5, 5.41) is 8.78. The lowest BCUT2D eigenvalue weighted by atomic mass is 10.1. The Labute approximate surface area is 114 Å². The summed E-state index contributed by atoms with van der Waals surface area (Å²) in [6, 6.07) is 6.69. The normalized spacial score (nSPS) is 11.3. The highest BCUT2D eigenvalue weighted by Gasteiger charge is 2.11. The zero-order chi connectivity index (χ0) is 12.8. The fourth-order valence-corrected chi connectivity index (χ4v) is 1.41. The summed E-state index contributed by atoms with van der Waals surface area (Å²) in [4.78, 5) is 0. The van der Waals surface area contributed by atoms with E-state index in [2.05, 4.69) is 0 Å². The van der Waals surface area contributed by atoms with Crippen molar-refractivity contribution in [2.75, 3.05) is 6.61 Å². The summed E-state index contributed by atoms with van der Waals surface area (Å²) in [5.74, 6) is 1.31. The number of hydrogen-bond donors (Lipinski definition) is 1. The Balaban J connectivity index is 0.00000289. The van der Waals surface area contributed by atoms with Gasteiger partial charge in [0.1, 0.15) is 6.04 Å². The molecular formula is C13H19ClN2O2. The first-order valence-corrected chi connectivity index (χ1v) is 5.67. The second-order valence-corrected chi connectivity index (χ2v) is 3.91. The molecule has 0 aliphatic carbocycles. The number of nitrogens with zero attached hydrogens (tertiary/aromatic N) is 1. The molecule has 0 aliphatic heterocycles. The van der Waals surface area contributed by atoms with Crippen LogP contribution in [0.3, 0.4) is 0 Å². The maximum Gasteiger partial charge on any atom is 0.161 e. The topological polar surface area (TPSA) is 68.3 Å². The Hall–Kier alpha value is -1.44. The molecule has 0 aromatic heterocycles. The lowest BCUT2D eigenvalue weighted by Crippen LogP contribution is -2.10. The zero-order valence-corrected chi connectivity index (χ0v) is 11.7. The van der Waals surface area contributed by atoms with Gasteiger partial charge in [-0.3, -0.25) is 0 Å². The second kappa shape index (κ2) is 7.80. The van der Waals surface area contributed by atoms with E-state index >= 15 is 0 Å². The van der Waals surface area contributed by atoms with Gasteiger partial charge in [-0.05, 0) is 38.5 Å². The van der Waals surface area contributed by atoms with Crippen LogP contribution in [0.25, 0.3) is 0 Å². The first-order chi connectivity index (χ1) is 8.08.